The minimum absolute atomic E-state index is 0.0497. The number of fused-ring (bicyclic) bond motifs is 2. The molecule has 0 spiro atoms. The average Bonchev–Trinajstić information content (AvgIpc) is 3.69. The van der Waals surface area contributed by atoms with E-state index in [0.717, 1.165) is 77.4 Å². The van der Waals surface area contributed by atoms with E-state index in [4.69, 9.17) is 21.1 Å². The number of hydrogen-bond donors (Lipinski definition) is 1. The highest BCUT2D eigenvalue weighted by Crippen LogP contribution is 2.43. The van der Waals surface area contributed by atoms with Crippen LogP contribution in [0.25, 0.3) is 32.9 Å². The number of aromatic amines is 1. The molecule has 2 aliphatic rings. The predicted molar refractivity (Wildman–Crippen MR) is 163 cm³/mol. The Morgan fingerprint density at radius 3 is 2.54 bits per heavy atom. The van der Waals surface area contributed by atoms with Crippen LogP contribution in [0.15, 0.2) is 71.8 Å². The average molecular weight is 544 g/mol. The maximum absolute atomic E-state index is 12.7. The van der Waals surface area contributed by atoms with Gasteiger partial charge in [0.05, 0.1) is 17.3 Å². The SMILES string of the molecule is C#CC1CCN(c2nc(C(C)(OC3CC3)c3ccccc3)c3cc(-c4cn(C)c(=O)c5[nH]ccc45)ccc3n2)CC1. The Labute approximate surface area is 239 Å². The summed E-state index contributed by atoms with van der Waals surface area (Å²) in [4.78, 5) is 28.5. The van der Waals surface area contributed by atoms with Gasteiger partial charge in [0, 0.05) is 54.8 Å². The summed E-state index contributed by atoms with van der Waals surface area (Å²) in [6.07, 6.45) is 13.6. The molecular weight excluding hydrogens is 510 g/mol. The molecule has 2 fully saturated rings. The quantitative estimate of drug-likeness (QED) is 0.275. The van der Waals surface area contributed by atoms with Gasteiger partial charge in [-0.1, -0.05) is 36.4 Å². The van der Waals surface area contributed by atoms with Gasteiger partial charge in [0.2, 0.25) is 5.95 Å². The molecule has 41 heavy (non-hydrogen) atoms. The maximum Gasteiger partial charge on any atom is 0.274 e. The molecule has 1 saturated heterocycles. The Balaban J connectivity index is 1.45. The molecule has 2 aromatic carbocycles. The summed E-state index contributed by atoms with van der Waals surface area (Å²) >= 11 is 0. The monoisotopic (exact) mass is 543 g/mol. The van der Waals surface area contributed by atoms with E-state index < -0.39 is 5.60 Å². The maximum atomic E-state index is 12.7. The molecule has 1 aliphatic carbocycles. The molecule has 0 amide bonds. The van der Waals surface area contributed by atoms with Crippen molar-refractivity contribution >= 4 is 27.8 Å². The van der Waals surface area contributed by atoms with Gasteiger partial charge in [-0.3, -0.25) is 4.79 Å². The second-order valence-electron chi connectivity index (χ2n) is 11.5. The van der Waals surface area contributed by atoms with Gasteiger partial charge in [-0.05, 0) is 61.9 Å². The Bertz CT molecular complexity index is 1860. The second-order valence-corrected chi connectivity index (χ2v) is 11.5. The third-order valence-electron chi connectivity index (χ3n) is 8.61. The summed E-state index contributed by atoms with van der Waals surface area (Å²) in [5, 5.41) is 1.83. The lowest BCUT2D eigenvalue weighted by Crippen LogP contribution is -2.36. The number of ether oxygens (including phenoxy) is 1. The molecule has 0 bridgehead atoms. The molecule has 1 saturated carbocycles. The number of terminal acetylenes is 1. The van der Waals surface area contributed by atoms with Gasteiger partial charge < -0.3 is 19.2 Å². The van der Waals surface area contributed by atoms with Crippen molar-refractivity contribution in [3.05, 3.63) is 88.6 Å². The standard InChI is InChI=1S/C34H33N5O2/c1-4-22-15-18-39(19-16-22)33-36-29-13-10-23(28-21-38(3)32(40)30-26(28)14-17-35-30)20-27(29)31(37-33)34(2,41-25-11-12-25)24-8-6-5-7-9-24/h1,5-10,13-14,17,20-22,25,35H,11-12,15-16,18-19H2,2-3H3. The zero-order valence-electron chi connectivity index (χ0n) is 23.4. The minimum atomic E-state index is -0.777. The van der Waals surface area contributed by atoms with Crippen LogP contribution in [0.2, 0.25) is 0 Å². The van der Waals surface area contributed by atoms with Crippen molar-refractivity contribution in [2.45, 2.75) is 44.3 Å². The van der Waals surface area contributed by atoms with Crippen LogP contribution in [0.4, 0.5) is 5.95 Å². The van der Waals surface area contributed by atoms with Crippen LogP contribution in [-0.2, 0) is 17.4 Å². The van der Waals surface area contributed by atoms with Crippen LogP contribution in [0, 0.1) is 18.3 Å². The molecule has 206 valence electrons. The van der Waals surface area contributed by atoms with Crippen molar-refractivity contribution in [3.63, 3.8) is 0 Å². The zero-order chi connectivity index (χ0) is 28.1. The lowest BCUT2D eigenvalue weighted by Gasteiger charge is -2.34. The van der Waals surface area contributed by atoms with Gasteiger partial charge in [-0.15, -0.1) is 12.3 Å². The summed E-state index contributed by atoms with van der Waals surface area (Å²) in [7, 11) is 1.79. The van der Waals surface area contributed by atoms with E-state index in [1.165, 1.54) is 0 Å². The van der Waals surface area contributed by atoms with Crippen molar-refractivity contribution in [2.75, 3.05) is 18.0 Å². The van der Waals surface area contributed by atoms with Gasteiger partial charge >= 0.3 is 0 Å². The van der Waals surface area contributed by atoms with E-state index in [1.807, 2.05) is 24.5 Å². The molecule has 4 heterocycles. The smallest absolute Gasteiger partial charge is 0.274 e. The molecule has 0 radical (unpaired) electrons. The lowest BCUT2D eigenvalue weighted by atomic mass is 9.88. The second kappa shape index (κ2) is 9.90. The Kier molecular flexibility index (Phi) is 6.17. The van der Waals surface area contributed by atoms with Crippen molar-refractivity contribution in [3.8, 4) is 23.5 Å². The number of pyridine rings is 1. The summed E-state index contributed by atoms with van der Waals surface area (Å²) in [6, 6.07) is 18.6. The van der Waals surface area contributed by atoms with Crippen LogP contribution < -0.4 is 10.5 Å². The molecule has 5 aromatic rings. The highest BCUT2D eigenvalue weighted by atomic mass is 16.5. The number of rotatable bonds is 6. The van der Waals surface area contributed by atoms with Crippen molar-refractivity contribution in [2.24, 2.45) is 13.0 Å². The molecule has 1 atom stereocenters. The molecule has 1 unspecified atom stereocenters. The number of piperidine rings is 1. The number of aryl methyl sites for hydroxylation is 1. The first-order valence-corrected chi connectivity index (χ1v) is 14.4. The van der Waals surface area contributed by atoms with Gasteiger partial charge in [0.15, 0.2) is 0 Å². The molecule has 3 aromatic heterocycles. The summed E-state index contributed by atoms with van der Waals surface area (Å²) in [5.41, 5.74) is 4.51. The fourth-order valence-corrected chi connectivity index (χ4v) is 6.07. The van der Waals surface area contributed by atoms with Crippen LogP contribution in [0.5, 0.6) is 0 Å². The number of anilines is 1. The summed E-state index contributed by atoms with van der Waals surface area (Å²) in [5.74, 6) is 3.93. The van der Waals surface area contributed by atoms with E-state index >= 15 is 0 Å². The molecule has 7 rings (SSSR count). The van der Waals surface area contributed by atoms with E-state index in [1.54, 1.807) is 11.6 Å². The number of aromatic nitrogens is 4. The first-order valence-electron chi connectivity index (χ1n) is 14.4. The van der Waals surface area contributed by atoms with E-state index in [0.29, 0.717) is 17.4 Å². The normalized spacial score (nSPS) is 17.5. The Morgan fingerprint density at radius 1 is 1.02 bits per heavy atom. The van der Waals surface area contributed by atoms with Gasteiger partial charge in [-0.25, -0.2) is 9.97 Å². The van der Waals surface area contributed by atoms with Gasteiger partial charge in [-0.2, -0.15) is 0 Å². The largest absolute Gasteiger partial charge is 0.361 e. The van der Waals surface area contributed by atoms with Crippen LogP contribution in [0.1, 0.15) is 43.9 Å². The first-order chi connectivity index (χ1) is 19.9. The van der Waals surface area contributed by atoms with E-state index in [2.05, 4.69) is 65.2 Å². The molecule has 7 nitrogen and oxygen atoms in total. The van der Waals surface area contributed by atoms with Gasteiger partial charge in [0.1, 0.15) is 11.1 Å². The van der Waals surface area contributed by atoms with E-state index in [9.17, 15) is 4.79 Å². The Hall–Kier alpha value is -4.41. The van der Waals surface area contributed by atoms with E-state index in [-0.39, 0.29) is 11.7 Å². The number of nitrogens with one attached hydrogen (secondary N) is 1. The Morgan fingerprint density at radius 2 is 1.80 bits per heavy atom. The fourth-order valence-electron chi connectivity index (χ4n) is 6.07. The molecule has 1 aliphatic heterocycles. The molecule has 1 N–H and O–H groups in total. The lowest BCUT2D eigenvalue weighted by molar-refractivity contribution is -0.0185. The number of benzene rings is 2. The van der Waals surface area contributed by atoms with Crippen LogP contribution in [0.3, 0.4) is 0 Å². The van der Waals surface area contributed by atoms with Gasteiger partial charge in [0.25, 0.3) is 5.56 Å². The van der Waals surface area contributed by atoms with Crippen molar-refractivity contribution < 1.29 is 4.74 Å². The third kappa shape index (κ3) is 4.49. The van der Waals surface area contributed by atoms with Crippen molar-refractivity contribution in [1.29, 1.82) is 0 Å². The molecular formula is C34H33N5O2. The van der Waals surface area contributed by atoms with Crippen molar-refractivity contribution in [1.82, 2.24) is 19.5 Å². The molecule has 7 heteroatoms. The number of nitrogens with zero attached hydrogens (tertiary/aromatic N) is 4. The summed E-state index contributed by atoms with van der Waals surface area (Å²) in [6.45, 7) is 3.79. The fraction of sp³-hybridized carbons (Fsp3) is 0.324. The highest BCUT2D eigenvalue weighted by Gasteiger charge is 2.40. The number of hydrogen-bond acceptors (Lipinski definition) is 5. The summed E-state index contributed by atoms with van der Waals surface area (Å²) < 4.78 is 8.49. The predicted octanol–water partition coefficient (Wildman–Crippen LogP) is 5.77. The van der Waals surface area contributed by atoms with Crippen LogP contribution >= 0.6 is 0 Å². The zero-order valence-corrected chi connectivity index (χ0v) is 23.4. The minimum Gasteiger partial charge on any atom is -0.361 e. The highest BCUT2D eigenvalue weighted by molar-refractivity contribution is 5.97. The third-order valence-corrected chi connectivity index (χ3v) is 8.61. The topological polar surface area (TPSA) is 76.0 Å². The van der Waals surface area contributed by atoms with Crippen LogP contribution in [-0.4, -0.2) is 38.7 Å². The first kappa shape index (κ1) is 25.6. The number of H-pyrrole nitrogens is 1.